The van der Waals surface area contributed by atoms with Crippen molar-refractivity contribution >= 4 is 11.9 Å². The number of aryl methyl sites for hydroxylation is 1. The van der Waals surface area contributed by atoms with Crippen molar-refractivity contribution in [2.45, 2.75) is 50.9 Å². The molecule has 0 radical (unpaired) electrons. The number of hydrogen-bond acceptors (Lipinski definition) is 6. The maximum absolute atomic E-state index is 11.8. The van der Waals surface area contributed by atoms with E-state index in [1.807, 2.05) is 31.2 Å². The quantitative estimate of drug-likeness (QED) is 0.606. The van der Waals surface area contributed by atoms with Crippen LogP contribution in [0.15, 0.2) is 30.5 Å². The molecule has 3 heterocycles. The number of fused-ring (bicyclic) bond motifs is 3. The highest BCUT2D eigenvalue weighted by Gasteiger charge is 2.54. The molecule has 154 valence electrons. The number of pyridine rings is 1. The minimum Gasteiger partial charge on any atom is -0.481 e. The molecule has 3 fully saturated rings. The van der Waals surface area contributed by atoms with Crippen LogP contribution in [0.2, 0.25) is 0 Å². The smallest absolute Gasteiger partial charge is 0.309 e. The van der Waals surface area contributed by atoms with Crippen LogP contribution in [0, 0.1) is 12.3 Å². The van der Waals surface area contributed by atoms with E-state index in [1.165, 1.54) is 0 Å². The second-order valence-electron chi connectivity index (χ2n) is 8.64. The summed E-state index contributed by atoms with van der Waals surface area (Å²) in [5.41, 5.74) is 9.00. The molecular formula is C22H24N6O2. The SMILES string of the molecule is Cc1cccc(-c2nc(C34CCC(C(=O)O)(CC3)CC4)[nH]c2-c2ccnc(N)n2)n1. The van der Waals surface area contributed by atoms with Crippen molar-refractivity contribution in [3.05, 3.63) is 42.0 Å². The number of nitrogens with one attached hydrogen (secondary N) is 1. The number of carbonyl (C=O) groups is 1. The number of anilines is 1. The van der Waals surface area contributed by atoms with Gasteiger partial charge < -0.3 is 15.8 Å². The Kier molecular flexibility index (Phi) is 4.13. The number of nitrogens with zero attached hydrogens (tertiary/aromatic N) is 4. The maximum atomic E-state index is 11.8. The second kappa shape index (κ2) is 6.62. The van der Waals surface area contributed by atoms with Crippen molar-refractivity contribution in [2.24, 2.45) is 5.41 Å². The van der Waals surface area contributed by atoms with Gasteiger partial charge in [0, 0.05) is 17.3 Å². The first-order valence-corrected chi connectivity index (χ1v) is 10.3. The molecule has 0 atom stereocenters. The molecule has 3 aliphatic rings. The maximum Gasteiger partial charge on any atom is 0.309 e. The molecular weight excluding hydrogens is 380 g/mol. The third-order valence-corrected chi connectivity index (χ3v) is 6.97. The number of nitrogen functional groups attached to an aromatic ring is 1. The molecule has 2 bridgehead atoms. The zero-order valence-electron chi connectivity index (χ0n) is 16.9. The molecule has 0 aromatic carbocycles. The van der Waals surface area contributed by atoms with Crippen LogP contribution in [0.5, 0.6) is 0 Å². The number of aliphatic carboxylic acids is 1. The average molecular weight is 404 g/mol. The van der Waals surface area contributed by atoms with Gasteiger partial charge in [0.25, 0.3) is 0 Å². The van der Waals surface area contributed by atoms with Crippen LogP contribution in [0.3, 0.4) is 0 Å². The Morgan fingerprint density at radius 1 is 1.03 bits per heavy atom. The van der Waals surface area contributed by atoms with E-state index in [2.05, 4.69) is 19.9 Å². The Bertz CT molecular complexity index is 1050. The summed E-state index contributed by atoms with van der Waals surface area (Å²) in [6.07, 6.45) is 6.16. The van der Waals surface area contributed by atoms with Crippen LogP contribution < -0.4 is 5.73 Å². The lowest BCUT2D eigenvalue weighted by Gasteiger charge is -2.50. The van der Waals surface area contributed by atoms with E-state index in [4.69, 9.17) is 10.7 Å². The molecule has 4 N–H and O–H groups in total. The van der Waals surface area contributed by atoms with Gasteiger partial charge in [-0.2, -0.15) is 0 Å². The van der Waals surface area contributed by atoms with Gasteiger partial charge in [-0.3, -0.25) is 9.78 Å². The highest BCUT2D eigenvalue weighted by atomic mass is 16.4. The van der Waals surface area contributed by atoms with Gasteiger partial charge >= 0.3 is 5.97 Å². The molecule has 3 saturated carbocycles. The summed E-state index contributed by atoms with van der Waals surface area (Å²) in [6.45, 7) is 1.95. The molecule has 0 amide bonds. The van der Waals surface area contributed by atoms with E-state index in [0.29, 0.717) is 25.0 Å². The molecule has 3 aromatic rings. The normalized spacial score (nSPS) is 25.4. The average Bonchev–Trinajstić information content (AvgIpc) is 3.21. The van der Waals surface area contributed by atoms with Crippen LogP contribution >= 0.6 is 0 Å². The van der Waals surface area contributed by atoms with E-state index in [9.17, 15) is 9.90 Å². The summed E-state index contributed by atoms with van der Waals surface area (Å²) in [6, 6.07) is 7.66. The van der Waals surface area contributed by atoms with Crippen molar-refractivity contribution in [1.29, 1.82) is 0 Å². The van der Waals surface area contributed by atoms with E-state index in [-0.39, 0.29) is 11.4 Å². The topological polar surface area (TPSA) is 131 Å². The molecule has 6 rings (SSSR count). The number of imidazole rings is 1. The Morgan fingerprint density at radius 2 is 1.77 bits per heavy atom. The monoisotopic (exact) mass is 404 g/mol. The fraction of sp³-hybridized carbons (Fsp3) is 0.409. The fourth-order valence-corrected chi connectivity index (χ4v) is 5.04. The van der Waals surface area contributed by atoms with Crippen LogP contribution in [0.1, 0.15) is 50.0 Å². The first kappa shape index (κ1) is 18.7. The van der Waals surface area contributed by atoms with Crippen molar-refractivity contribution < 1.29 is 9.90 Å². The zero-order valence-corrected chi connectivity index (χ0v) is 16.9. The molecule has 30 heavy (non-hydrogen) atoms. The highest BCUT2D eigenvalue weighted by molar-refractivity contribution is 5.76. The van der Waals surface area contributed by atoms with Gasteiger partial charge in [-0.05, 0) is 63.6 Å². The molecule has 0 saturated heterocycles. The van der Waals surface area contributed by atoms with E-state index < -0.39 is 11.4 Å². The van der Waals surface area contributed by atoms with Crippen LogP contribution in [-0.2, 0) is 10.2 Å². The zero-order chi connectivity index (χ0) is 20.9. The summed E-state index contributed by atoms with van der Waals surface area (Å²) in [5, 5.41) is 9.71. The lowest BCUT2D eigenvalue weighted by molar-refractivity contribution is -0.156. The van der Waals surface area contributed by atoms with Gasteiger partial charge in [-0.15, -0.1) is 0 Å². The predicted octanol–water partition coefficient (Wildman–Crippen LogP) is 3.50. The minimum atomic E-state index is -0.656. The van der Waals surface area contributed by atoms with Crippen molar-refractivity contribution in [3.63, 3.8) is 0 Å². The Hall–Kier alpha value is -3.29. The summed E-state index contributed by atoms with van der Waals surface area (Å²) in [5.74, 6) is 0.440. The third-order valence-electron chi connectivity index (χ3n) is 6.97. The summed E-state index contributed by atoms with van der Waals surface area (Å²) < 4.78 is 0. The predicted molar refractivity (Wildman–Crippen MR) is 111 cm³/mol. The van der Waals surface area contributed by atoms with Crippen molar-refractivity contribution in [2.75, 3.05) is 5.73 Å². The van der Waals surface area contributed by atoms with Gasteiger partial charge in [0.2, 0.25) is 5.95 Å². The summed E-state index contributed by atoms with van der Waals surface area (Å²) in [7, 11) is 0. The fourth-order valence-electron chi connectivity index (χ4n) is 5.04. The Morgan fingerprint density at radius 3 is 2.40 bits per heavy atom. The molecule has 3 aromatic heterocycles. The van der Waals surface area contributed by atoms with Gasteiger partial charge in [-0.1, -0.05) is 6.07 Å². The van der Waals surface area contributed by atoms with Crippen molar-refractivity contribution in [1.82, 2.24) is 24.9 Å². The number of rotatable bonds is 4. The number of H-pyrrole nitrogens is 1. The summed E-state index contributed by atoms with van der Waals surface area (Å²) in [4.78, 5) is 33.4. The van der Waals surface area contributed by atoms with Crippen molar-refractivity contribution in [3.8, 4) is 22.8 Å². The lowest BCUT2D eigenvalue weighted by atomic mass is 9.53. The molecule has 8 heteroatoms. The van der Waals surface area contributed by atoms with E-state index in [0.717, 1.165) is 47.9 Å². The second-order valence-corrected chi connectivity index (χ2v) is 8.64. The standard InChI is InChI=1S/C22H24N6O2/c1-13-3-2-4-14(25-13)16-17(15-5-12-24-20(23)26-15)28-18(27-16)21-6-9-22(10-7-21,11-8-21)19(29)30/h2-5,12H,6-11H2,1H3,(H,27,28)(H,29,30)(H2,23,24,26). The number of aromatic amines is 1. The van der Waals surface area contributed by atoms with E-state index >= 15 is 0 Å². The molecule has 3 aliphatic carbocycles. The molecule has 8 nitrogen and oxygen atoms in total. The summed E-state index contributed by atoms with van der Waals surface area (Å²) >= 11 is 0. The highest BCUT2D eigenvalue weighted by Crippen LogP contribution is 2.57. The number of nitrogens with two attached hydrogens (primary N) is 1. The van der Waals surface area contributed by atoms with Crippen LogP contribution in [-0.4, -0.2) is 36.0 Å². The Labute approximate surface area is 174 Å². The number of hydrogen-bond donors (Lipinski definition) is 3. The molecule has 0 spiro atoms. The van der Waals surface area contributed by atoms with E-state index in [1.54, 1.807) is 6.20 Å². The minimum absolute atomic E-state index is 0.132. The lowest BCUT2D eigenvalue weighted by Crippen LogP contribution is -2.48. The molecule has 0 aliphatic heterocycles. The first-order valence-electron chi connectivity index (χ1n) is 10.3. The van der Waals surface area contributed by atoms with Gasteiger partial charge in [-0.25, -0.2) is 15.0 Å². The van der Waals surface area contributed by atoms with Gasteiger partial charge in [0.15, 0.2) is 0 Å². The number of carboxylic acids is 1. The number of aromatic nitrogens is 5. The van der Waals surface area contributed by atoms with Crippen LogP contribution in [0.25, 0.3) is 22.8 Å². The first-order chi connectivity index (χ1) is 14.4. The third kappa shape index (κ3) is 2.86. The Balaban J connectivity index is 1.61. The molecule has 0 unspecified atom stereocenters. The van der Waals surface area contributed by atoms with Gasteiger partial charge in [0.05, 0.1) is 22.5 Å². The van der Waals surface area contributed by atoms with Gasteiger partial charge in [0.1, 0.15) is 11.5 Å². The van der Waals surface area contributed by atoms with Crippen LogP contribution in [0.4, 0.5) is 5.95 Å². The largest absolute Gasteiger partial charge is 0.481 e. The number of carboxylic acid groups (broad SMARTS) is 1.